The number of nitrogens with two attached hydrogens (primary N) is 1. The van der Waals surface area contributed by atoms with Gasteiger partial charge < -0.3 is 10.6 Å². The van der Waals surface area contributed by atoms with Gasteiger partial charge in [0.1, 0.15) is 17.7 Å². The van der Waals surface area contributed by atoms with E-state index in [4.69, 9.17) is 5.73 Å². The summed E-state index contributed by atoms with van der Waals surface area (Å²) in [5, 5.41) is 0. The molecule has 0 aromatic rings. The van der Waals surface area contributed by atoms with Crippen molar-refractivity contribution in [3.63, 3.8) is 0 Å². The van der Waals surface area contributed by atoms with Crippen molar-refractivity contribution in [1.29, 1.82) is 0 Å². The molecule has 2 aliphatic heterocycles. The molecule has 4 aliphatic rings. The molecule has 5 amide bonds. The van der Waals surface area contributed by atoms with Crippen molar-refractivity contribution < 1.29 is 32.2 Å². The topological polar surface area (TPSA) is 150 Å². The van der Waals surface area contributed by atoms with Gasteiger partial charge in [-0.3, -0.25) is 9.59 Å². The molecule has 0 radical (unpaired) electrons. The monoisotopic (exact) mass is 464 g/mol. The highest BCUT2D eigenvalue weighted by Crippen LogP contribution is 2.36. The number of sulfonamides is 1. The summed E-state index contributed by atoms with van der Waals surface area (Å²) in [5.41, 5.74) is 5.21. The Balaban J connectivity index is 1.59. The van der Waals surface area contributed by atoms with Crippen LogP contribution >= 0.6 is 0 Å². The van der Waals surface area contributed by atoms with E-state index in [1.165, 1.54) is 34.8 Å². The number of nitrogens with one attached hydrogen (secondary N) is 1. The van der Waals surface area contributed by atoms with Gasteiger partial charge in [-0.2, -0.15) is 9.37 Å². The molecule has 0 aromatic carbocycles. The molecule has 32 heavy (non-hydrogen) atoms. The number of hydrogen-bond donors (Lipinski definition) is 2. The van der Waals surface area contributed by atoms with Crippen molar-refractivity contribution in [2.45, 2.75) is 44.2 Å². The van der Waals surface area contributed by atoms with Crippen LogP contribution in [0, 0.1) is 5.92 Å². The molecule has 0 spiro atoms. The van der Waals surface area contributed by atoms with Gasteiger partial charge in [0.2, 0.25) is 15.9 Å². The summed E-state index contributed by atoms with van der Waals surface area (Å²) in [5.74, 6) is -2.91. The van der Waals surface area contributed by atoms with Crippen molar-refractivity contribution in [2.75, 3.05) is 20.1 Å². The van der Waals surface area contributed by atoms with Gasteiger partial charge in [-0.15, -0.1) is 4.90 Å². The molecule has 1 saturated carbocycles. The summed E-state index contributed by atoms with van der Waals surface area (Å²) in [6, 6.07) is -1.46. The lowest BCUT2D eigenvalue weighted by Crippen LogP contribution is -2.57. The van der Waals surface area contributed by atoms with Crippen LogP contribution in [0.1, 0.15) is 32.6 Å². The first-order valence-electron chi connectivity index (χ1n) is 10.4. The summed E-state index contributed by atoms with van der Waals surface area (Å²) in [7, 11) is -2.39. The molecule has 11 nitrogen and oxygen atoms in total. The molecule has 2 aliphatic carbocycles. The first-order chi connectivity index (χ1) is 14.9. The van der Waals surface area contributed by atoms with Crippen LogP contribution in [0.2, 0.25) is 0 Å². The lowest BCUT2D eigenvalue weighted by molar-refractivity contribution is -0.406. The number of imide groups is 1. The number of carbonyl (C=O) groups excluding carboxylic acids is 4. The summed E-state index contributed by atoms with van der Waals surface area (Å²) < 4.78 is 29.4. The predicted octanol–water partition coefficient (Wildman–Crippen LogP) is -0.950. The van der Waals surface area contributed by atoms with Crippen LogP contribution in [0.15, 0.2) is 23.1 Å². The molecule has 3 N–H and O–H groups in total. The Morgan fingerprint density at radius 3 is 2.59 bits per heavy atom. The van der Waals surface area contributed by atoms with Gasteiger partial charge in [0.05, 0.1) is 12.0 Å². The number of urea groups is 1. The van der Waals surface area contributed by atoms with Crippen molar-refractivity contribution >= 4 is 39.5 Å². The van der Waals surface area contributed by atoms with E-state index in [2.05, 4.69) is 4.72 Å². The molecular weight excluding hydrogens is 438 g/mol. The molecule has 1 unspecified atom stereocenters. The fourth-order valence-corrected chi connectivity index (χ4v) is 5.77. The molecule has 2 atom stereocenters. The van der Waals surface area contributed by atoms with Crippen molar-refractivity contribution in [3.8, 4) is 0 Å². The molecule has 2 fully saturated rings. The smallest absolute Gasteiger partial charge is 0.368 e. The maximum Gasteiger partial charge on any atom is 0.501 e. The minimum Gasteiger partial charge on any atom is -0.368 e. The Morgan fingerprint density at radius 1 is 1.28 bits per heavy atom. The van der Waals surface area contributed by atoms with Gasteiger partial charge in [0, 0.05) is 12.1 Å². The molecule has 0 bridgehead atoms. The van der Waals surface area contributed by atoms with Gasteiger partial charge in [0.15, 0.2) is 6.54 Å². The van der Waals surface area contributed by atoms with Crippen LogP contribution in [-0.4, -0.2) is 84.0 Å². The van der Waals surface area contributed by atoms with Gasteiger partial charge >= 0.3 is 11.9 Å². The average Bonchev–Trinajstić information content (AvgIpc) is 3.24. The molecule has 4 rings (SSSR count). The molecule has 1 saturated heterocycles. The first kappa shape index (κ1) is 22.3. The van der Waals surface area contributed by atoms with Crippen LogP contribution in [0.25, 0.3) is 0 Å². The van der Waals surface area contributed by atoms with Gasteiger partial charge in [-0.25, -0.2) is 17.9 Å². The number of rotatable bonds is 6. The zero-order chi connectivity index (χ0) is 23.4. The lowest BCUT2D eigenvalue weighted by atomic mass is 9.94. The fourth-order valence-electron chi connectivity index (χ4n) is 4.23. The molecule has 2 heterocycles. The Kier molecular flexibility index (Phi) is 5.32. The van der Waals surface area contributed by atoms with Crippen LogP contribution in [-0.2, 0) is 24.4 Å². The van der Waals surface area contributed by atoms with E-state index < -0.39 is 57.8 Å². The Morgan fingerprint density at radius 2 is 1.97 bits per heavy atom. The normalized spacial score (nSPS) is 26.9. The fraction of sp³-hybridized carbons (Fsp3) is 0.550. The second-order valence-electron chi connectivity index (χ2n) is 8.88. The van der Waals surface area contributed by atoms with Gasteiger partial charge in [-0.05, 0) is 50.8 Å². The average molecular weight is 465 g/mol. The zero-order valence-corrected chi connectivity index (χ0v) is 18.7. The van der Waals surface area contributed by atoms with E-state index in [-0.39, 0.29) is 4.91 Å². The van der Waals surface area contributed by atoms with E-state index in [0.717, 1.165) is 17.7 Å². The minimum atomic E-state index is -3.84. The largest absolute Gasteiger partial charge is 0.501 e. The zero-order valence-electron chi connectivity index (χ0n) is 17.9. The van der Waals surface area contributed by atoms with Crippen LogP contribution < -0.4 is 10.5 Å². The number of amides is 5. The highest BCUT2D eigenvalue weighted by Gasteiger charge is 2.49. The maximum atomic E-state index is 13.2. The van der Waals surface area contributed by atoms with Crippen molar-refractivity contribution in [1.82, 2.24) is 14.5 Å². The third-order valence-corrected chi connectivity index (χ3v) is 8.05. The standard InChI is InChI=1S/C20H25N5O6S/c1-20(7-8-20)22-32(30,31)12-5-6-14-13(10-12)18(28)25(19(29)23(14)2)11-16(26)24-9-3-4-15(24)17(21)27/h5-6,10,13,15,22H,3-4,7-9,11H2,1-2H3,(H-,21,27)/p+1/t13?,15-/m0/s1. The number of nitrogens with zero attached hydrogens (tertiary/aromatic N) is 3. The van der Waals surface area contributed by atoms with Gasteiger partial charge in [0.25, 0.3) is 5.91 Å². The van der Waals surface area contributed by atoms with Crippen molar-refractivity contribution in [2.24, 2.45) is 11.7 Å². The third-order valence-electron chi connectivity index (χ3n) is 6.39. The Bertz CT molecular complexity index is 1120. The predicted molar refractivity (Wildman–Crippen MR) is 113 cm³/mol. The van der Waals surface area contributed by atoms with Gasteiger partial charge in [-0.1, -0.05) is 0 Å². The highest BCUT2D eigenvalue weighted by atomic mass is 32.2. The van der Waals surface area contributed by atoms with Crippen LogP contribution in [0.4, 0.5) is 4.79 Å². The molecule has 12 heteroatoms. The summed E-state index contributed by atoms with van der Waals surface area (Å²) >= 11 is 0. The quantitative estimate of drug-likeness (QED) is 0.484. The maximum absolute atomic E-state index is 13.2. The lowest BCUT2D eigenvalue weighted by Gasteiger charge is -2.28. The van der Waals surface area contributed by atoms with E-state index in [0.29, 0.717) is 25.1 Å². The third kappa shape index (κ3) is 3.88. The van der Waals surface area contributed by atoms with E-state index in [1.807, 2.05) is 0 Å². The van der Waals surface area contributed by atoms with E-state index >= 15 is 0 Å². The number of hydrogen-bond acceptors (Lipinski definition) is 6. The number of primary amides is 1. The molecule has 0 aromatic heterocycles. The summed E-state index contributed by atoms with van der Waals surface area (Å²) in [6.07, 6.45) is 6.60. The summed E-state index contributed by atoms with van der Waals surface area (Å²) in [4.78, 5) is 52.4. The Labute approximate surface area is 185 Å². The van der Waals surface area contributed by atoms with Crippen LogP contribution in [0.3, 0.4) is 0 Å². The number of fused-ring (bicyclic) bond motifs is 1. The van der Waals surface area contributed by atoms with Crippen LogP contribution in [0.5, 0.6) is 0 Å². The second-order valence-corrected chi connectivity index (χ2v) is 10.6. The highest BCUT2D eigenvalue weighted by molar-refractivity contribution is 7.93. The number of likely N-dealkylation sites (tertiary alicyclic amines) is 1. The summed E-state index contributed by atoms with van der Waals surface area (Å²) in [6.45, 7) is 1.57. The molecular formula is C20H26N5O6S+. The number of carbonyl (C=O) groups is 4. The first-order valence-corrected chi connectivity index (χ1v) is 11.9. The van der Waals surface area contributed by atoms with Crippen molar-refractivity contribution in [3.05, 3.63) is 23.1 Å². The Hall–Kier alpha value is -2.86. The second kappa shape index (κ2) is 7.62. The minimum absolute atomic E-state index is 0.0601. The SMILES string of the molecule is C[N+]1=C2C=CC(S(=O)(=O)NC3(C)CC3)=CC2C(=O)N(CC(=O)N2CCC[C@H]2C(N)=O)C1=O. The van der Waals surface area contributed by atoms with E-state index in [9.17, 15) is 27.6 Å². The van der Waals surface area contributed by atoms with E-state index in [1.54, 1.807) is 6.92 Å². The molecule has 172 valence electrons. The number of allylic oxidation sites excluding steroid dienone is 2.